The topological polar surface area (TPSA) is 90.2 Å². The molecular weight excluding hydrogens is 246 g/mol. The molecule has 1 aliphatic heterocycles. The molecule has 0 amide bonds. The molecule has 3 N–H and O–H groups in total. The number of rotatable bonds is 4. The maximum Gasteiger partial charge on any atom is 0.231 e. The lowest BCUT2D eigenvalue weighted by molar-refractivity contribution is 0.0956. The molecule has 1 atom stereocenters. The number of hydrogen-bond acceptors (Lipinski definition) is 5. The normalized spacial score (nSPS) is 14.4. The number of nitrogens with zero attached hydrogens (tertiary/aromatic N) is 1. The van der Waals surface area contributed by atoms with E-state index in [0.29, 0.717) is 23.5 Å². The SMILES string of the molecule is N[C@@H](Cc1c[nH]cn1)C(=O)c1cc[c]c2c1OCO2. The second kappa shape index (κ2) is 4.74. The fourth-order valence-electron chi connectivity index (χ4n) is 1.98. The highest BCUT2D eigenvalue weighted by Gasteiger charge is 2.25. The summed E-state index contributed by atoms with van der Waals surface area (Å²) in [7, 11) is 0. The molecule has 1 aromatic heterocycles. The number of aromatic amines is 1. The van der Waals surface area contributed by atoms with Gasteiger partial charge < -0.3 is 20.2 Å². The second-order valence-electron chi connectivity index (χ2n) is 4.19. The van der Waals surface area contributed by atoms with Gasteiger partial charge in [0.15, 0.2) is 17.3 Å². The molecule has 1 aliphatic rings. The van der Waals surface area contributed by atoms with Crippen LogP contribution in [0.3, 0.4) is 0 Å². The Morgan fingerprint density at radius 1 is 1.58 bits per heavy atom. The summed E-state index contributed by atoms with van der Waals surface area (Å²) in [6.07, 6.45) is 3.64. The lowest BCUT2D eigenvalue weighted by Gasteiger charge is -2.10. The summed E-state index contributed by atoms with van der Waals surface area (Å²) in [6, 6.07) is 5.47. The van der Waals surface area contributed by atoms with Crippen molar-refractivity contribution in [2.45, 2.75) is 12.5 Å². The number of aromatic nitrogens is 2. The molecule has 1 aromatic carbocycles. The third-order valence-corrected chi connectivity index (χ3v) is 2.91. The van der Waals surface area contributed by atoms with Crippen molar-refractivity contribution in [3.63, 3.8) is 0 Å². The number of nitrogens with one attached hydrogen (secondary N) is 1. The van der Waals surface area contributed by atoms with E-state index in [9.17, 15) is 4.79 Å². The van der Waals surface area contributed by atoms with Crippen LogP contribution in [0.1, 0.15) is 16.1 Å². The van der Waals surface area contributed by atoms with Crippen molar-refractivity contribution in [1.29, 1.82) is 0 Å². The Bertz CT molecular complexity index is 595. The summed E-state index contributed by atoms with van der Waals surface area (Å²) in [5.41, 5.74) is 7.10. The van der Waals surface area contributed by atoms with E-state index in [1.807, 2.05) is 0 Å². The van der Waals surface area contributed by atoms with Gasteiger partial charge in [0, 0.05) is 18.7 Å². The Morgan fingerprint density at radius 2 is 2.47 bits per heavy atom. The number of hydrogen-bond donors (Lipinski definition) is 2. The maximum absolute atomic E-state index is 12.3. The van der Waals surface area contributed by atoms with Crippen LogP contribution in [0.15, 0.2) is 24.7 Å². The van der Waals surface area contributed by atoms with E-state index in [0.717, 1.165) is 5.69 Å². The average molecular weight is 258 g/mol. The lowest BCUT2D eigenvalue weighted by atomic mass is 10.00. The quantitative estimate of drug-likeness (QED) is 0.787. The Labute approximate surface area is 109 Å². The van der Waals surface area contributed by atoms with E-state index in [-0.39, 0.29) is 12.6 Å². The van der Waals surface area contributed by atoms with Gasteiger partial charge in [-0.2, -0.15) is 0 Å². The van der Waals surface area contributed by atoms with Gasteiger partial charge in [0.1, 0.15) is 0 Å². The van der Waals surface area contributed by atoms with E-state index < -0.39 is 6.04 Å². The molecule has 0 fully saturated rings. The molecular formula is C13H12N3O3. The number of imidazole rings is 1. The standard InChI is InChI=1S/C13H12N3O3/c14-10(4-8-5-15-6-16-8)12(17)9-2-1-3-11-13(9)19-7-18-11/h1-2,5-6,10H,4,7,14H2,(H,15,16)/t10-/m0/s1. The Morgan fingerprint density at radius 3 is 3.26 bits per heavy atom. The second-order valence-corrected chi connectivity index (χ2v) is 4.19. The largest absolute Gasteiger partial charge is 0.453 e. The molecule has 0 saturated carbocycles. The molecule has 19 heavy (non-hydrogen) atoms. The highest BCUT2D eigenvalue weighted by Crippen LogP contribution is 2.35. The number of benzene rings is 1. The lowest BCUT2D eigenvalue weighted by Crippen LogP contribution is -2.33. The Kier molecular flexibility index (Phi) is 2.92. The first kappa shape index (κ1) is 11.7. The molecule has 0 bridgehead atoms. The molecule has 0 aliphatic carbocycles. The zero-order valence-electron chi connectivity index (χ0n) is 10.1. The molecule has 97 valence electrons. The molecule has 6 nitrogen and oxygen atoms in total. The van der Waals surface area contributed by atoms with Gasteiger partial charge in [0.05, 0.1) is 23.6 Å². The first-order chi connectivity index (χ1) is 9.25. The molecule has 2 aromatic rings. The summed E-state index contributed by atoms with van der Waals surface area (Å²) in [5.74, 6) is 0.682. The molecule has 6 heteroatoms. The van der Waals surface area contributed by atoms with Gasteiger partial charge >= 0.3 is 0 Å². The molecule has 0 saturated heterocycles. The van der Waals surface area contributed by atoms with Crippen LogP contribution in [0.2, 0.25) is 0 Å². The van der Waals surface area contributed by atoms with Gasteiger partial charge in [-0.15, -0.1) is 0 Å². The zero-order chi connectivity index (χ0) is 13.2. The van der Waals surface area contributed by atoms with E-state index >= 15 is 0 Å². The van der Waals surface area contributed by atoms with Crippen molar-refractivity contribution >= 4 is 5.78 Å². The highest BCUT2D eigenvalue weighted by atomic mass is 16.7. The first-order valence-corrected chi connectivity index (χ1v) is 5.83. The minimum Gasteiger partial charge on any atom is -0.453 e. The van der Waals surface area contributed by atoms with E-state index in [2.05, 4.69) is 16.0 Å². The summed E-state index contributed by atoms with van der Waals surface area (Å²) in [4.78, 5) is 19.2. The van der Waals surface area contributed by atoms with Crippen LogP contribution in [0.5, 0.6) is 11.5 Å². The number of ether oxygens (including phenoxy) is 2. The monoisotopic (exact) mass is 258 g/mol. The number of ketones is 1. The van der Waals surface area contributed by atoms with Crippen molar-refractivity contribution in [3.8, 4) is 11.5 Å². The van der Waals surface area contributed by atoms with E-state index in [4.69, 9.17) is 15.2 Å². The minimum atomic E-state index is -0.668. The van der Waals surface area contributed by atoms with Crippen molar-refractivity contribution in [2.24, 2.45) is 5.73 Å². The summed E-state index contributed by atoms with van der Waals surface area (Å²) < 4.78 is 10.5. The van der Waals surface area contributed by atoms with Gasteiger partial charge in [-0.25, -0.2) is 4.98 Å². The van der Waals surface area contributed by atoms with Gasteiger partial charge in [0.25, 0.3) is 0 Å². The van der Waals surface area contributed by atoms with Gasteiger partial charge in [-0.1, -0.05) is 0 Å². The Hall–Kier alpha value is -2.34. The molecule has 0 unspecified atom stereocenters. The predicted octanol–water partition coefficient (Wildman–Crippen LogP) is 0.691. The van der Waals surface area contributed by atoms with E-state index in [1.54, 1.807) is 24.7 Å². The third kappa shape index (κ3) is 2.17. The fourth-order valence-corrected chi connectivity index (χ4v) is 1.98. The van der Waals surface area contributed by atoms with Crippen LogP contribution in [-0.2, 0) is 6.42 Å². The van der Waals surface area contributed by atoms with Crippen molar-refractivity contribution < 1.29 is 14.3 Å². The number of carbonyl (C=O) groups excluding carboxylic acids is 1. The van der Waals surface area contributed by atoms with E-state index in [1.165, 1.54) is 0 Å². The molecule has 0 spiro atoms. The fraction of sp³-hybridized carbons (Fsp3) is 0.231. The number of fused-ring (bicyclic) bond motifs is 1. The van der Waals surface area contributed by atoms with Crippen molar-refractivity contribution in [1.82, 2.24) is 9.97 Å². The zero-order valence-corrected chi connectivity index (χ0v) is 10.1. The van der Waals surface area contributed by atoms with Crippen molar-refractivity contribution in [2.75, 3.05) is 6.79 Å². The number of carbonyl (C=O) groups is 1. The smallest absolute Gasteiger partial charge is 0.231 e. The first-order valence-electron chi connectivity index (χ1n) is 5.83. The predicted molar refractivity (Wildman–Crippen MR) is 66.0 cm³/mol. The Balaban J connectivity index is 1.82. The van der Waals surface area contributed by atoms with Crippen LogP contribution >= 0.6 is 0 Å². The molecule has 1 radical (unpaired) electrons. The third-order valence-electron chi connectivity index (χ3n) is 2.91. The number of H-pyrrole nitrogens is 1. The minimum absolute atomic E-state index is 0.102. The van der Waals surface area contributed by atoms with Crippen LogP contribution in [0, 0.1) is 6.07 Å². The summed E-state index contributed by atoms with van der Waals surface area (Å²) in [5, 5.41) is 0. The van der Waals surface area contributed by atoms with Crippen LogP contribution in [-0.4, -0.2) is 28.6 Å². The van der Waals surface area contributed by atoms with Crippen LogP contribution < -0.4 is 15.2 Å². The van der Waals surface area contributed by atoms with Crippen LogP contribution in [0.25, 0.3) is 0 Å². The average Bonchev–Trinajstić information content (AvgIpc) is 3.07. The summed E-state index contributed by atoms with van der Waals surface area (Å²) in [6.45, 7) is 0.102. The van der Waals surface area contributed by atoms with Gasteiger partial charge in [-0.3, -0.25) is 4.79 Å². The molecule has 3 rings (SSSR count). The van der Waals surface area contributed by atoms with Gasteiger partial charge in [-0.05, 0) is 12.1 Å². The molecule has 2 heterocycles. The van der Waals surface area contributed by atoms with Gasteiger partial charge in [0.2, 0.25) is 6.79 Å². The highest BCUT2D eigenvalue weighted by molar-refractivity contribution is 6.03. The van der Waals surface area contributed by atoms with Crippen LogP contribution in [0.4, 0.5) is 0 Å². The summed E-state index contributed by atoms with van der Waals surface area (Å²) >= 11 is 0. The van der Waals surface area contributed by atoms with Crippen molar-refractivity contribution in [3.05, 3.63) is 42.0 Å². The maximum atomic E-state index is 12.3. The number of Topliss-reactive ketones (excluding diaryl/α,β-unsaturated/α-hetero) is 1. The number of nitrogens with two attached hydrogens (primary N) is 1.